The zero-order chi connectivity index (χ0) is 14.1. The third kappa shape index (κ3) is 2.60. The molecule has 0 bridgehead atoms. The van der Waals surface area contributed by atoms with Crippen LogP contribution in [0.15, 0.2) is 0 Å². The summed E-state index contributed by atoms with van der Waals surface area (Å²) in [5, 5.41) is 0. The van der Waals surface area contributed by atoms with Gasteiger partial charge in [-0.15, -0.1) is 0 Å². The lowest BCUT2D eigenvalue weighted by atomic mass is 9.75. The minimum absolute atomic E-state index is 0.0428. The Morgan fingerprint density at radius 2 is 1.78 bits per heavy atom. The van der Waals surface area contributed by atoms with Crippen LogP contribution in [0.2, 0.25) is 0 Å². The van der Waals surface area contributed by atoms with Crippen molar-refractivity contribution in [2.75, 3.05) is 27.7 Å². The van der Waals surface area contributed by atoms with E-state index < -0.39 is 18.3 Å². The monoisotopic (exact) mass is 270 g/mol. The second kappa shape index (κ2) is 5.03. The summed E-state index contributed by atoms with van der Waals surface area (Å²) in [4.78, 5) is 13.9. The Labute approximate surface area is 104 Å². The van der Waals surface area contributed by atoms with Gasteiger partial charge in [0.15, 0.2) is 0 Å². The van der Waals surface area contributed by atoms with Crippen LogP contribution in [-0.2, 0) is 4.79 Å². The molecule has 3 nitrogen and oxygen atoms in total. The van der Waals surface area contributed by atoms with E-state index in [1.54, 1.807) is 14.1 Å². The normalized spacial score (nSPS) is 18.9. The molecule has 1 fully saturated rings. The van der Waals surface area contributed by atoms with Gasteiger partial charge in [-0.1, -0.05) is 0 Å². The SMILES string of the molecule is CN(CC1(N(C)C)CCC1)C(=O)C(F)(F)C(F)F. The molecule has 1 aliphatic rings. The number of alkyl halides is 4. The molecular weight excluding hydrogens is 252 g/mol. The number of hydrogen-bond acceptors (Lipinski definition) is 2. The van der Waals surface area contributed by atoms with Crippen molar-refractivity contribution in [2.24, 2.45) is 0 Å². The van der Waals surface area contributed by atoms with E-state index >= 15 is 0 Å². The van der Waals surface area contributed by atoms with Crippen LogP contribution in [0.25, 0.3) is 0 Å². The highest BCUT2D eigenvalue weighted by Gasteiger charge is 2.52. The van der Waals surface area contributed by atoms with Gasteiger partial charge in [0.05, 0.1) is 0 Å². The molecule has 0 aromatic carbocycles. The number of amides is 1. The van der Waals surface area contributed by atoms with Gasteiger partial charge in [0.2, 0.25) is 0 Å². The van der Waals surface area contributed by atoms with Gasteiger partial charge in [-0.05, 0) is 33.4 Å². The predicted molar refractivity (Wildman–Crippen MR) is 58.9 cm³/mol. The number of carbonyl (C=O) groups is 1. The molecule has 18 heavy (non-hydrogen) atoms. The molecule has 0 unspecified atom stereocenters. The molecular formula is C11H18F4N2O. The molecule has 0 heterocycles. The largest absolute Gasteiger partial charge is 0.383 e. The molecule has 0 saturated heterocycles. The smallest absolute Gasteiger partial charge is 0.338 e. The van der Waals surface area contributed by atoms with E-state index in [0.29, 0.717) is 4.90 Å². The Bertz CT molecular complexity index is 316. The van der Waals surface area contributed by atoms with E-state index in [9.17, 15) is 22.4 Å². The van der Waals surface area contributed by atoms with E-state index in [0.717, 1.165) is 26.3 Å². The highest BCUT2D eigenvalue weighted by atomic mass is 19.3. The first kappa shape index (κ1) is 15.2. The lowest BCUT2D eigenvalue weighted by Gasteiger charge is -2.49. The molecule has 0 atom stereocenters. The number of carbonyl (C=O) groups excluding carboxylic acids is 1. The van der Waals surface area contributed by atoms with Crippen molar-refractivity contribution >= 4 is 5.91 Å². The molecule has 0 aliphatic heterocycles. The van der Waals surface area contributed by atoms with Crippen molar-refractivity contribution in [1.82, 2.24) is 9.80 Å². The zero-order valence-corrected chi connectivity index (χ0v) is 10.7. The van der Waals surface area contributed by atoms with Crippen molar-refractivity contribution in [3.63, 3.8) is 0 Å². The first-order valence-corrected chi connectivity index (χ1v) is 5.72. The second-order valence-corrected chi connectivity index (χ2v) is 5.06. The fourth-order valence-corrected chi connectivity index (χ4v) is 2.19. The highest BCUT2D eigenvalue weighted by Crippen LogP contribution is 2.37. The average Bonchev–Trinajstić information content (AvgIpc) is 2.20. The molecule has 1 aliphatic carbocycles. The van der Waals surface area contributed by atoms with Crippen LogP contribution >= 0.6 is 0 Å². The molecule has 0 N–H and O–H groups in total. The van der Waals surface area contributed by atoms with E-state index in [4.69, 9.17) is 0 Å². The quantitative estimate of drug-likeness (QED) is 0.712. The van der Waals surface area contributed by atoms with Crippen LogP contribution in [0.3, 0.4) is 0 Å². The highest BCUT2D eigenvalue weighted by molar-refractivity contribution is 5.83. The van der Waals surface area contributed by atoms with Crippen LogP contribution in [0.1, 0.15) is 19.3 Å². The minimum atomic E-state index is -4.61. The van der Waals surface area contributed by atoms with Gasteiger partial charge >= 0.3 is 12.3 Å². The topological polar surface area (TPSA) is 23.6 Å². The standard InChI is InChI=1S/C11H18F4N2O/c1-16(2)10(5-4-6-10)7-17(3)9(18)11(14,15)8(12)13/h8H,4-7H2,1-3H3. The lowest BCUT2D eigenvalue weighted by molar-refractivity contribution is -0.181. The third-order valence-electron chi connectivity index (χ3n) is 3.67. The van der Waals surface area contributed by atoms with Crippen LogP contribution in [0.4, 0.5) is 17.6 Å². The molecule has 0 spiro atoms. The van der Waals surface area contributed by atoms with Crippen molar-refractivity contribution in [2.45, 2.75) is 37.1 Å². The first-order chi connectivity index (χ1) is 8.13. The van der Waals surface area contributed by atoms with Crippen LogP contribution < -0.4 is 0 Å². The number of likely N-dealkylation sites (N-methyl/N-ethyl adjacent to an activating group) is 2. The summed E-state index contributed by atoms with van der Waals surface area (Å²) in [6.45, 7) is 0.0428. The van der Waals surface area contributed by atoms with Gasteiger partial charge in [-0.3, -0.25) is 4.79 Å². The van der Waals surface area contributed by atoms with Crippen LogP contribution in [-0.4, -0.2) is 61.3 Å². The fourth-order valence-electron chi connectivity index (χ4n) is 2.19. The van der Waals surface area contributed by atoms with Gasteiger partial charge in [0, 0.05) is 19.1 Å². The summed E-state index contributed by atoms with van der Waals surface area (Å²) in [5.41, 5.74) is -0.359. The number of halogens is 4. The van der Waals surface area contributed by atoms with Crippen molar-refractivity contribution in [1.29, 1.82) is 0 Å². The van der Waals surface area contributed by atoms with Gasteiger partial charge in [-0.2, -0.15) is 8.78 Å². The van der Waals surface area contributed by atoms with Gasteiger partial charge < -0.3 is 9.80 Å². The summed E-state index contributed by atoms with van der Waals surface area (Å²) >= 11 is 0. The van der Waals surface area contributed by atoms with E-state index in [2.05, 4.69) is 0 Å². The maximum absolute atomic E-state index is 12.9. The Kier molecular flexibility index (Phi) is 4.25. The molecule has 1 saturated carbocycles. The minimum Gasteiger partial charge on any atom is -0.338 e. The molecule has 0 radical (unpaired) electrons. The first-order valence-electron chi connectivity index (χ1n) is 5.72. The summed E-state index contributed by atoms with van der Waals surface area (Å²) < 4.78 is 50.1. The summed E-state index contributed by atoms with van der Waals surface area (Å²) in [6.07, 6.45) is -1.47. The number of nitrogens with zero attached hydrogens (tertiary/aromatic N) is 2. The third-order valence-corrected chi connectivity index (χ3v) is 3.67. The van der Waals surface area contributed by atoms with Crippen molar-refractivity contribution < 1.29 is 22.4 Å². The molecule has 7 heteroatoms. The molecule has 0 aromatic heterocycles. The van der Waals surface area contributed by atoms with Gasteiger partial charge in [-0.25, -0.2) is 8.78 Å². The number of hydrogen-bond donors (Lipinski definition) is 0. The number of rotatable bonds is 5. The van der Waals surface area contributed by atoms with Crippen molar-refractivity contribution in [3.8, 4) is 0 Å². The Hall–Kier alpha value is -0.850. The van der Waals surface area contributed by atoms with E-state index in [1.165, 1.54) is 0 Å². The molecule has 1 amide bonds. The van der Waals surface area contributed by atoms with Crippen molar-refractivity contribution in [3.05, 3.63) is 0 Å². The average molecular weight is 270 g/mol. The summed E-state index contributed by atoms with van der Waals surface area (Å²) in [7, 11) is 4.73. The van der Waals surface area contributed by atoms with Crippen LogP contribution in [0.5, 0.6) is 0 Å². The van der Waals surface area contributed by atoms with Gasteiger partial charge in [0.25, 0.3) is 5.91 Å². The maximum Gasteiger partial charge on any atom is 0.383 e. The fraction of sp³-hybridized carbons (Fsp3) is 0.909. The van der Waals surface area contributed by atoms with E-state index in [-0.39, 0.29) is 12.1 Å². The Balaban J connectivity index is 2.71. The second-order valence-electron chi connectivity index (χ2n) is 5.06. The zero-order valence-electron chi connectivity index (χ0n) is 10.7. The molecule has 1 rings (SSSR count). The van der Waals surface area contributed by atoms with Gasteiger partial charge in [0.1, 0.15) is 0 Å². The van der Waals surface area contributed by atoms with E-state index in [1.807, 2.05) is 4.90 Å². The Morgan fingerprint density at radius 1 is 1.28 bits per heavy atom. The Morgan fingerprint density at radius 3 is 2.06 bits per heavy atom. The van der Waals surface area contributed by atoms with Crippen LogP contribution in [0, 0.1) is 0 Å². The molecule has 0 aromatic rings. The predicted octanol–water partition coefficient (Wildman–Crippen LogP) is 1.83. The maximum atomic E-state index is 12.9. The lowest BCUT2D eigenvalue weighted by Crippen LogP contribution is -2.59. The molecule has 106 valence electrons. The summed E-state index contributed by atoms with van der Waals surface area (Å²) in [5.74, 6) is -6.42. The summed E-state index contributed by atoms with van der Waals surface area (Å²) in [6, 6.07) is 0.